The summed E-state index contributed by atoms with van der Waals surface area (Å²) >= 11 is 0. The van der Waals surface area contributed by atoms with Crippen molar-refractivity contribution in [2.45, 2.75) is 25.2 Å². The van der Waals surface area contributed by atoms with E-state index in [2.05, 4.69) is 15.0 Å². The van der Waals surface area contributed by atoms with E-state index in [4.69, 9.17) is 10.8 Å². The maximum atomic E-state index is 11.8. The lowest BCUT2D eigenvalue weighted by atomic mass is 10.2. The molecule has 0 aliphatic heterocycles. The van der Waals surface area contributed by atoms with E-state index >= 15 is 0 Å². The quantitative estimate of drug-likeness (QED) is 0.672. The summed E-state index contributed by atoms with van der Waals surface area (Å²) in [6.45, 7) is -1.41. The number of aromatic nitrogens is 3. The first-order chi connectivity index (χ1) is 8.78. The van der Waals surface area contributed by atoms with E-state index in [9.17, 15) is 18.0 Å². The molecular weight excluding hydrogens is 269 g/mol. The molecule has 7 nitrogen and oxygen atoms in total. The Morgan fingerprint density at radius 3 is 2.84 bits per heavy atom. The number of hydrogen-bond acceptors (Lipinski definition) is 5. The number of alkyl halides is 3. The van der Waals surface area contributed by atoms with Crippen molar-refractivity contribution in [2.24, 2.45) is 5.73 Å². The van der Waals surface area contributed by atoms with Crippen LogP contribution in [-0.4, -0.2) is 51.5 Å². The highest BCUT2D eigenvalue weighted by atomic mass is 19.4. The molecule has 19 heavy (non-hydrogen) atoms. The van der Waals surface area contributed by atoms with E-state index in [1.165, 1.54) is 10.9 Å². The van der Waals surface area contributed by atoms with E-state index in [0.717, 1.165) is 0 Å². The second-order valence-corrected chi connectivity index (χ2v) is 3.79. The minimum Gasteiger partial charge on any atom is -0.480 e. The first-order valence-corrected chi connectivity index (χ1v) is 5.30. The Hall–Kier alpha value is -1.68. The van der Waals surface area contributed by atoms with Gasteiger partial charge in [-0.25, -0.2) is 4.68 Å². The van der Waals surface area contributed by atoms with Crippen molar-refractivity contribution in [1.82, 2.24) is 15.0 Å². The second-order valence-electron chi connectivity index (χ2n) is 3.79. The van der Waals surface area contributed by atoms with Crippen LogP contribution in [0.2, 0.25) is 0 Å². The number of hydrogen-bond donors (Lipinski definition) is 2. The number of ether oxygens (including phenoxy) is 1. The molecule has 0 radical (unpaired) electrons. The highest BCUT2D eigenvalue weighted by molar-refractivity contribution is 5.73. The molecule has 1 atom stereocenters. The van der Waals surface area contributed by atoms with Crippen LogP contribution in [0.15, 0.2) is 6.20 Å². The highest BCUT2D eigenvalue weighted by Gasteiger charge is 2.27. The molecular formula is C9H13F3N4O3. The van der Waals surface area contributed by atoms with Gasteiger partial charge < -0.3 is 15.6 Å². The van der Waals surface area contributed by atoms with Gasteiger partial charge in [0.1, 0.15) is 12.6 Å². The van der Waals surface area contributed by atoms with Gasteiger partial charge in [0.05, 0.1) is 18.8 Å². The molecule has 10 heteroatoms. The van der Waals surface area contributed by atoms with Gasteiger partial charge in [0.25, 0.3) is 0 Å². The summed E-state index contributed by atoms with van der Waals surface area (Å²) in [4.78, 5) is 10.5. The Kier molecular flexibility index (Phi) is 5.24. The highest BCUT2D eigenvalue weighted by Crippen LogP contribution is 2.14. The summed E-state index contributed by atoms with van der Waals surface area (Å²) in [5.41, 5.74) is 5.65. The first-order valence-electron chi connectivity index (χ1n) is 5.30. The molecule has 1 unspecified atom stereocenters. The summed E-state index contributed by atoms with van der Waals surface area (Å²) in [5, 5.41) is 15.9. The smallest absolute Gasteiger partial charge is 0.411 e. The van der Waals surface area contributed by atoms with Crippen molar-refractivity contribution >= 4 is 5.97 Å². The average molecular weight is 282 g/mol. The fourth-order valence-electron chi connectivity index (χ4n) is 1.20. The number of nitrogens with two attached hydrogens (primary N) is 1. The van der Waals surface area contributed by atoms with Gasteiger partial charge in [0.2, 0.25) is 0 Å². The number of carboxylic acids is 1. The molecule has 108 valence electrons. The van der Waals surface area contributed by atoms with Crippen molar-refractivity contribution in [3.05, 3.63) is 11.9 Å². The first kappa shape index (κ1) is 15.4. The average Bonchev–Trinajstić information content (AvgIpc) is 2.71. The lowest BCUT2D eigenvalue weighted by molar-refractivity contribution is -0.174. The molecule has 0 bridgehead atoms. The maximum Gasteiger partial charge on any atom is 0.411 e. The molecule has 0 amide bonds. The van der Waals surface area contributed by atoms with Crippen LogP contribution in [0, 0.1) is 0 Å². The monoisotopic (exact) mass is 282 g/mol. The zero-order valence-corrected chi connectivity index (χ0v) is 9.80. The molecule has 0 saturated carbocycles. The molecule has 0 saturated heterocycles. The van der Waals surface area contributed by atoms with E-state index in [0.29, 0.717) is 5.69 Å². The van der Waals surface area contributed by atoms with Crippen LogP contribution < -0.4 is 5.73 Å². The Bertz CT molecular complexity index is 421. The number of aliphatic carboxylic acids is 1. The lowest BCUT2D eigenvalue weighted by Gasteiger charge is -2.06. The molecule has 1 aromatic rings. The molecule has 0 spiro atoms. The van der Waals surface area contributed by atoms with Crippen LogP contribution in [0.25, 0.3) is 0 Å². The summed E-state index contributed by atoms with van der Waals surface area (Å²) in [6, 6.07) is -1.09. The summed E-state index contributed by atoms with van der Waals surface area (Å²) < 4.78 is 41.0. The topological polar surface area (TPSA) is 103 Å². The maximum absolute atomic E-state index is 11.8. The van der Waals surface area contributed by atoms with Gasteiger partial charge in [-0.2, -0.15) is 13.2 Å². The van der Waals surface area contributed by atoms with Crippen LogP contribution in [0.5, 0.6) is 0 Å². The third-order valence-electron chi connectivity index (χ3n) is 2.06. The van der Waals surface area contributed by atoms with Crippen molar-refractivity contribution in [3.8, 4) is 0 Å². The van der Waals surface area contributed by atoms with Crippen LogP contribution in [0.3, 0.4) is 0 Å². The number of halogens is 3. The molecule has 1 rings (SSSR count). The Morgan fingerprint density at radius 2 is 2.26 bits per heavy atom. The van der Waals surface area contributed by atoms with Gasteiger partial charge in [-0.15, -0.1) is 5.10 Å². The zero-order valence-electron chi connectivity index (χ0n) is 9.80. The number of carboxylic acid groups (broad SMARTS) is 1. The third kappa shape index (κ3) is 6.15. The van der Waals surface area contributed by atoms with Crippen molar-refractivity contribution in [3.63, 3.8) is 0 Å². The van der Waals surface area contributed by atoms with Gasteiger partial charge in [0.15, 0.2) is 0 Å². The predicted molar refractivity (Wildman–Crippen MR) is 56.2 cm³/mol. The lowest BCUT2D eigenvalue weighted by Crippen LogP contribution is -2.32. The summed E-state index contributed by atoms with van der Waals surface area (Å²) in [6.07, 6.45) is -2.94. The van der Waals surface area contributed by atoms with Crippen molar-refractivity contribution < 1.29 is 27.8 Å². The van der Waals surface area contributed by atoms with Gasteiger partial charge in [-0.1, -0.05) is 5.21 Å². The largest absolute Gasteiger partial charge is 0.480 e. The molecule has 3 N–H and O–H groups in total. The number of rotatable bonds is 7. The number of carbonyl (C=O) groups is 1. The van der Waals surface area contributed by atoms with E-state index in [1.54, 1.807) is 0 Å². The van der Waals surface area contributed by atoms with Crippen LogP contribution in [0.4, 0.5) is 13.2 Å². The third-order valence-corrected chi connectivity index (χ3v) is 2.06. The van der Waals surface area contributed by atoms with Gasteiger partial charge in [0, 0.05) is 12.6 Å². The molecule has 1 aromatic heterocycles. The molecule has 0 fully saturated rings. The van der Waals surface area contributed by atoms with Gasteiger partial charge in [-0.3, -0.25) is 4.79 Å². The molecule has 1 heterocycles. The fourth-order valence-corrected chi connectivity index (χ4v) is 1.20. The predicted octanol–water partition coefficient (Wildman–Crippen LogP) is -0.189. The summed E-state index contributed by atoms with van der Waals surface area (Å²) in [7, 11) is 0. The van der Waals surface area contributed by atoms with E-state index < -0.39 is 24.8 Å². The minimum atomic E-state index is -4.36. The minimum absolute atomic E-state index is 0.00125. The molecule has 0 aliphatic carbocycles. The Morgan fingerprint density at radius 1 is 1.58 bits per heavy atom. The van der Waals surface area contributed by atoms with Crippen molar-refractivity contribution in [2.75, 3.05) is 13.2 Å². The van der Waals surface area contributed by atoms with E-state index in [-0.39, 0.29) is 19.6 Å². The van der Waals surface area contributed by atoms with Crippen molar-refractivity contribution in [1.29, 1.82) is 0 Å². The second kappa shape index (κ2) is 6.48. The molecule has 0 aliphatic rings. The van der Waals surface area contributed by atoms with E-state index in [1.807, 2.05) is 0 Å². The summed E-state index contributed by atoms with van der Waals surface area (Å²) in [5.74, 6) is -1.16. The Balaban J connectivity index is 2.33. The van der Waals surface area contributed by atoms with Crippen LogP contribution in [0.1, 0.15) is 5.69 Å². The SMILES string of the molecule is NC(Cc1cn(CCOCC(F)(F)F)nn1)C(=O)O. The van der Waals surface area contributed by atoms with Gasteiger partial charge in [-0.05, 0) is 0 Å². The molecule has 0 aromatic carbocycles. The normalized spacial score (nSPS) is 13.5. The zero-order chi connectivity index (χ0) is 14.5. The van der Waals surface area contributed by atoms with Gasteiger partial charge >= 0.3 is 12.1 Å². The Labute approximate surface area is 106 Å². The number of nitrogens with zero attached hydrogens (tertiary/aromatic N) is 3. The van der Waals surface area contributed by atoms with Crippen LogP contribution in [-0.2, 0) is 22.5 Å². The standard InChI is InChI=1S/C9H13F3N4O3/c10-9(11,12)5-19-2-1-16-4-6(14-15-16)3-7(13)8(17)18/h4,7H,1-3,5,13H2,(H,17,18). The fraction of sp³-hybridized carbons (Fsp3) is 0.667. The van der Waals surface area contributed by atoms with Crippen LogP contribution >= 0.6 is 0 Å².